The molecule has 0 saturated carbocycles. The molecular formula is C12H10N4S. The Labute approximate surface area is 102 Å². The molecule has 84 valence electrons. The fourth-order valence-corrected chi connectivity index (χ4v) is 2.43. The first-order valence-electron chi connectivity index (χ1n) is 5.19. The van der Waals surface area contributed by atoms with E-state index in [0.717, 1.165) is 21.6 Å². The Kier molecular flexibility index (Phi) is 2.26. The molecule has 2 N–H and O–H groups in total. The highest BCUT2D eigenvalue weighted by molar-refractivity contribution is 7.16. The molecule has 0 amide bonds. The summed E-state index contributed by atoms with van der Waals surface area (Å²) >= 11 is 1.56. The summed E-state index contributed by atoms with van der Waals surface area (Å²) < 4.78 is 0. The van der Waals surface area contributed by atoms with E-state index in [1.54, 1.807) is 11.3 Å². The third-order valence-electron chi connectivity index (χ3n) is 2.47. The van der Waals surface area contributed by atoms with Crippen LogP contribution in [0.25, 0.3) is 21.7 Å². The highest BCUT2D eigenvalue weighted by Gasteiger charge is 2.08. The standard InChI is InChI=1S/C12H10N4S/c1-7-3-2-4-9(14-7)11-15-10(13)8-5-6-17-12(8)16-11/h2-6H,1H3,(H2,13,15,16). The van der Waals surface area contributed by atoms with Crippen LogP contribution in [-0.4, -0.2) is 15.0 Å². The van der Waals surface area contributed by atoms with Gasteiger partial charge in [-0.1, -0.05) is 6.07 Å². The van der Waals surface area contributed by atoms with Gasteiger partial charge in [0, 0.05) is 5.69 Å². The van der Waals surface area contributed by atoms with Crippen LogP contribution >= 0.6 is 11.3 Å². The summed E-state index contributed by atoms with van der Waals surface area (Å²) in [4.78, 5) is 14.1. The number of anilines is 1. The van der Waals surface area contributed by atoms with Gasteiger partial charge in [0.05, 0.1) is 5.39 Å². The van der Waals surface area contributed by atoms with E-state index >= 15 is 0 Å². The SMILES string of the molecule is Cc1cccc(-c2nc(N)c3ccsc3n2)n1. The van der Waals surface area contributed by atoms with E-state index in [0.29, 0.717) is 11.6 Å². The number of hydrogen-bond donors (Lipinski definition) is 1. The Morgan fingerprint density at radius 1 is 1.12 bits per heavy atom. The van der Waals surface area contributed by atoms with Gasteiger partial charge in [-0.25, -0.2) is 15.0 Å². The fourth-order valence-electron chi connectivity index (χ4n) is 1.66. The van der Waals surface area contributed by atoms with Crippen LogP contribution in [0.2, 0.25) is 0 Å². The van der Waals surface area contributed by atoms with Gasteiger partial charge in [0.1, 0.15) is 16.3 Å². The molecule has 5 heteroatoms. The number of pyridine rings is 1. The molecule has 0 aliphatic carbocycles. The quantitative estimate of drug-likeness (QED) is 0.712. The van der Waals surface area contributed by atoms with Gasteiger partial charge in [-0.3, -0.25) is 0 Å². The molecule has 0 aliphatic rings. The molecule has 0 unspecified atom stereocenters. The molecule has 3 rings (SSSR count). The van der Waals surface area contributed by atoms with Crippen LogP contribution in [0.3, 0.4) is 0 Å². The maximum atomic E-state index is 5.90. The van der Waals surface area contributed by atoms with Crippen LogP contribution in [0.15, 0.2) is 29.6 Å². The lowest BCUT2D eigenvalue weighted by molar-refractivity contribution is 1.14. The normalized spacial score (nSPS) is 10.9. The summed E-state index contributed by atoms with van der Waals surface area (Å²) in [7, 11) is 0. The first-order valence-corrected chi connectivity index (χ1v) is 6.07. The lowest BCUT2D eigenvalue weighted by Crippen LogP contribution is -1.97. The topological polar surface area (TPSA) is 64.7 Å². The number of aryl methyl sites for hydroxylation is 1. The second-order valence-electron chi connectivity index (χ2n) is 3.74. The second kappa shape index (κ2) is 3.78. The summed E-state index contributed by atoms with van der Waals surface area (Å²) in [5.74, 6) is 1.09. The molecule has 0 aliphatic heterocycles. The van der Waals surface area contributed by atoms with Gasteiger partial charge in [-0.2, -0.15) is 0 Å². The minimum absolute atomic E-state index is 0.509. The third-order valence-corrected chi connectivity index (χ3v) is 3.28. The summed E-state index contributed by atoms with van der Waals surface area (Å²) in [6.07, 6.45) is 0. The van der Waals surface area contributed by atoms with Crippen molar-refractivity contribution in [3.8, 4) is 11.5 Å². The molecule has 0 atom stereocenters. The highest BCUT2D eigenvalue weighted by atomic mass is 32.1. The van der Waals surface area contributed by atoms with Crippen molar-refractivity contribution in [2.75, 3.05) is 5.73 Å². The monoisotopic (exact) mass is 242 g/mol. The van der Waals surface area contributed by atoms with E-state index in [2.05, 4.69) is 15.0 Å². The van der Waals surface area contributed by atoms with Crippen molar-refractivity contribution >= 4 is 27.4 Å². The highest BCUT2D eigenvalue weighted by Crippen LogP contribution is 2.25. The molecule has 0 radical (unpaired) electrons. The van der Waals surface area contributed by atoms with Gasteiger partial charge in [0.15, 0.2) is 5.82 Å². The lowest BCUT2D eigenvalue weighted by Gasteiger charge is -2.02. The van der Waals surface area contributed by atoms with E-state index in [-0.39, 0.29) is 0 Å². The van der Waals surface area contributed by atoms with Crippen LogP contribution in [0.5, 0.6) is 0 Å². The Morgan fingerprint density at radius 2 is 2.00 bits per heavy atom. The average molecular weight is 242 g/mol. The van der Waals surface area contributed by atoms with Crippen molar-refractivity contribution in [3.05, 3.63) is 35.3 Å². The number of rotatable bonds is 1. The summed E-state index contributed by atoms with van der Waals surface area (Å²) in [6, 6.07) is 7.70. The van der Waals surface area contributed by atoms with Crippen molar-refractivity contribution in [1.82, 2.24) is 15.0 Å². The number of nitrogens with zero attached hydrogens (tertiary/aromatic N) is 3. The first kappa shape index (κ1) is 10.2. The number of nitrogen functional groups attached to an aromatic ring is 1. The number of aromatic nitrogens is 3. The predicted octanol–water partition coefficient (Wildman–Crippen LogP) is 2.64. The van der Waals surface area contributed by atoms with E-state index in [4.69, 9.17) is 5.73 Å². The second-order valence-corrected chi connectivity index (χ2v) is 4.63. The minimum Gasteiger partial charge on any atom is -0.383 e. The summed E-state index contributed by atoms with van der Waals surface area (Å²) in [5.41, 5.74) is 7.60. The molecule has 3 aromatic rings. The van der Waals surface area contributed by atoms with Gasteiger partial charge in [0.25, 0.3) is 0 Å². The predicted molar refractivity (Wildman–Crippen MR) is 69.8 cm³/mol. The molecular weight excluding hydrogens is 232 g/mol. The van der Waals surface area contributed by atoms with Crippen molar-refractivity contribution in [3.63, 3.8) is 0 Å². The first-order chi connectivity index (χ1) is 8.24. The molecule has 0 bridgehead atoms. The van der Waals surface area contributed by atoms with Crippen molar-refractivity contribution in [2.24, 2.45) is 0 Å². The maximum absolute atomic E-state index is 5.90. The van der Waals surface area contributed by atoms with E-state index in [1.165, 1.54) is 0 Å². The molecule has 3 aromatic heterocycles. The molecule has 0 spiro atoms. The fraction of sp³-hybridized carbons (Fsp3) is 0.0833. The largest absolute Gasteiger partial charge is 0.383 e. The van der Waals surface area contributed by atoms with Crippen molar-refractivity contribution in [1.29, 1.82) is 0 Å². The third kappa shape index (κ3) is 1.74. The smallest absolute Gasteiger partial charge is 0.181 e. The zero-order chi connectivity index (χ0) is 11.8. The van der Waals surface area contributed by atoms with Crippen LogP contribution < -0.4 is 5.73 Å². The Hall–Kier alpha value is -2.01. The van der Waals surface area contributed by atoms with Crippen LogP contribution in [0.1, 0.15) is 5.69 Å². The molecule has 0 aromatic carbocycles. The summed E-state index contributed by atoms with van der Waals surface area (Å²) in [6.45, 7) is 1.94. The Balaban J connectivity index is 2.23. The summed E-state index contributed by atoms with van der Waals surface area (Å²) in [5, 5.41) is 2.87. The van der Waals surface area contributed by atoms with Gasteiger partial charge in [-0.05, 0) is 30.5 Å². The van der Waals surface area contributed by atoms with Gasteiger partial charge in [-0.15, -0.1) is 11.3 Å². The molecule has 3 heterocycles. The van der Waals surface area contributed by atoms with Gasteiger partial charge in [0.2, 0.25) is 0 Å². The van der Waals surface area contributed by atoms with Crippen molar-refractivity contribution in [2.45, 2.75) is 6.92 Å². The molecule has 4 nitrogen and oxygen atoms in total. The van der Waals surface area contributed by atoms with E-state index < -0.39 is 0 Å². The van der Waals surface area contributed by atoms with Crippen molar-refractivity contribution < 1.29 is 0 Å². The zero-order valence-corrected chi connectivity index (χ0v) is 10.0. The Bertz CT molecular complexity index is 690. The lowest BCUT2D eigenvalue weighted by atomic mass is 10.3. The van der Waals surface area contributed by atoms with Crippen LogP contribution in [-0.2, 0) is 0 Å². The molecule has 0 fully saturated rings. The van der Waals surface area contributed by atoms with Crippen LogP contribution in [0, 0.1) is 6.92 Å². The maximum Gasteiger partial charge on any atom is 0.181 e. The Morgan fingerprint density at radius 3 is 2.82 bits per heavy atom. The number of fused-ring (bicyclic) bond motifs is 1. The number of nitrogens with two attached hydrogens (primary N) is 1. The van der Waals surface area contributed by atoms with E-state index in [1.807, 2.05) is 36.6 Å². The van der Waals surface area contributed by atoms with Crippen LogP contribution in [0.4, 0.5) is 5.82 Å². The van der Waals surface area contributed by atoms with Gasteiger partial charge < -0.3 is 5.73 Å². The average Bonchev–Trinajstić information content (AvgIpc) is 2.77. The van der Waals surface area contributed by atoms with E-state index in [9.17, 15) is 0 Å². The number of hydrogen-bond acceptors (Lipinski definition) is 5. The zero-order valence-electron chi connectivity index (χ0n) is 9.21. The molecule has 17 heavy (non-hydrogen) atoms. The molecule has 0 saturated heterocycles. The van der Waals surface area contributed by atoms with Gasteiger partial charge >= 0.3 is 0 Å². The number of thiophene rings is 1. The minimum atomic E-state index is 0.509.